The van der Waals surface area contributed by atoms with E-state index in [1.165, 1.54) is 17.7 Å². The second kappa shape index (κ2) is 10.2. The summed E-state index contributed by atoms with van der Waals surface area (Å²) in [5, 5.41) is 2.84. The number of ether oxygens (including phenoxy) is 2. The number of nitrogens with one attached hydrogen (secondary N) is 2. The molecule has 0 aliphatic carbocycles. The maximum absolute atomic E-state index is 12.4. The highest BCUT2D eigenvalue weighted by atomic mass is 16.5. The Morgan fingerprint density at radius 2 is 1.78 bits per heavy atom. The number of esters is 1. The van der Waals surface area contributed by atoms with Crippen molar-refractivity contribution in [2.75, 3.05) is 51.8 Å². The Morgan fingerprint density at radius 3 is 2.30 bits per heavy atom. The van der Waals surface area contributed by atoms with E-state index in [0.717, 1.165) is 31.9 Å². The molecule has 0 radical (unpaired) electrons. The molecule has 1 atom stereocenters. The molecule has 2 N–H and O–H groups in total. The Hall–Kier alpha value is -2.28. The van der Waals surface area contributed by atoms with Crippen molar-refractivity contribution >= 4 is 17.6 Å². The highest BCUT2D eigenvalue weighted by Gasteiger charge is 2.26. The number of nitrogens with zero attached hydrogens (tertiary/aromatic N) is 1. The zero-order chi connectivity index (χ0) is 19.8. The zero-order valence-electron chi connectivity index (χ0n) is 16.8. The monoisotopic (exact) mass is 378 g/mol. The normalized spacial score (nSPS) is 16.1. The number of carbonyl (C=O) groups excluding carboxylic acids is 2. The molecule has 0 saturated carbocycles. The summed E-state index contributed by atoms with van der Waals surface area (Å²) in [6, 6.07) is 7.47. The van der Waals surface area contributed by atoms with Crippen molar-refractivity contribution < 1.29 is 24.0 Å². The van der Waals surface area contributed by atoms with E-state index in [4.69, 9.17) is 9.47 Å². The Balaban J connectivity index is 1.81. The summed E-state index contributed by atoms with van der Waals surface area (Å²) in [6.45, 7) is 7.96. The molecule has 0 bridgehead atoms. The van der Waals surface area contributed by atoms with Crippen LogP contribution in [0.25, 0.3) is 0 Å². The van der Waals surface area contributed by atoms with Crippen LogP contribution < -0.4 is 19.9 Å². The third kappa shape index (κ3) is 6.43. The minimum Gasteiger partial charge on any atom is -0.497 e. The van der Waals surface area contributed by atoms with Crippen molar-refractivity contribution in [1.82, 2.24) is 5.32 Å². The lowest BCUT2D eigenvalue weighted by atomic mass is 10.0. The molecule has 0 aromatic heterocycles. The largest absolute Gasteiger partial charge is 0.497 e. The van der Waals surface area contributed by atoms with Gasteiger partial charge in [-0.2, -0.15) is 0 Å². The maximum atomic E-state index is 12.4. The van der Waals surface area contributed by atoms with Crippen LogP contribution in [0.3, 0.4) is 0 Å². The Bertz CT molecular complexity index is 610. The maximum Gasteiger partial charge on any atom is 0.328 e. The molecule has 1 aromatic rings. The highest BCUT2D eigenvalue weighted by molar-refractivity contribution is 5.84. The average molecular weight is 378 g/mol. The number of quaternary nitrogens is 1. The first-order chi connectivity index (χ1) is 12.9. The number of anilines is 1. The van der Waals surface area contributed by atoms with E-state index in [2.05, 4.69) is 22.3 Å². The van der Waals surface area contributed by atoms with Crippen LogP contribution in [0.2, 0.25) is 0 Å². The molecule has 27 heavy (non-hydrogen) atoms. The first-order valence-electron chi connectivity index (χ1n) is 9.52. The molecule has 7 heteroatoms. The van der Waals surface area contributed by atoms with Crippen LogP contribution in [0.15, 0.2) is 24.3 Å². The molecule has 1 fully saturated rings. The lowest BCUT2D eigenvalue weighted by Gasteiger charge is -2.33. The van der Waals surface area contributed by atoms with Gasteiger partial charge in [0, 0.05) is 5.69 Å². The summed E-state index contributed by atoms with van der Waals surface area (Å²) in [5.41, 5.74) is 1.17. The Morgan fingerprint density at radius 1 is 1.15 bits per heavy atom. The zero-order valence-corrected chi connectivity index (χ0v) is 16.8. The number of amides is 1. The van der Waals surface area contributed by atoms with Crippen LogP contribution in [0.5, 0.6) is 5.75 Å². The molecule has 1 aliphatic rings. The minimum absolute atomic E-state index is 0.0982. The molecular formula is C20H32N3O4+. The predicted molar refractivity (Wildman–Crippen MR) is 104 cm³/mol. The standard InChI is InChI=1S/C20H31N3O4/c1-15(2)13-18(20(25)27-4)21-19(24)14-22-9-11-23(12-10-22)16-5-7-17(26-3)8-6-16/h5-8,15,18H,9-14H2,1-4H3,(H,21,24)/p+1/t18-/m0/s1. The van der Waals surface area contributed by atoms with E-state index in [9.17, 15) is 9.59 Å². The van der Waals surface area contributed by atoms with Gasteiger partial charge in [0.2, 0.25) is 0 Å². The molecule has 1 aliphatic heterocycles. The molecule has 7 nitrogen and oxygen atoms in total. The topological polar surface area (TPSA) is 72.3 Å². The number of methoxy groups -OCH3 is 2. The van der Waals surface area contributed by atoms with Crippen LogP contribution in [0.4, 0.5) is 5.69 Å². The van der Waals surface area contributed by atoms with Crippen LogP contribution in [-0.2, 0) is 14.3 Å². The Kier molecular flexibility index (Phi) is 7.91. The fourth-order valence-electron chi connectivity index (χ4n) is 3.35. The fourth-order valence-corrected chi connectivity index (χ4v) is 3.35. The van der Waals surface area contributed by atoms with E-state index >= 15 is 0 Å². The molecule has 2 rings (SSSR count). The van der Waals surface area contributed by atoms with Crippen LogP contribution in [0, 0.1) is 5.92 Å². The van der Waals surface area contributed by atoms with Crippen LogP contribution >= 0.6 is 0 Å². The van der Waals surface area contributed by atoms with Crippen LogP contribution in [-0.4, -0.2) is 64.9 Å². The summed E-state index contributed by atoms with van der Waals surface area (Å²) in [7, 11) is 3.01. The first kappa shape index (κ1) is 21.0. The predicted octanol–water partition coefficient (Wildman–Crippen LogP) is 0.104. The molecule has 150 valence electrons. The lowest BCUT2D eigenvalue weighted by Crippen LogP contribution is -3.16. The number of rotatable bonds is 8. The van der Waals surface area contributed by atoms with Crippen molar-refractivity contribution in [2.24, 2.45) is 5.92 Å². The van der Waals surface area contributed by atoms with Gasteiger partial charge in [0.25, 0.3) is 5.91 Å². The van der Waals surface area contributed by atoms with Crippen molar-refractivity contribution in [3.8, 4) is 5.75 Å². The van der Waals surface area contributed by atoms with Crippen molar-refractivity contribution in [3.05, 3.63) is 24.3 Å². The number of hydrogen-bond acceptors (Lipinski definition) is 5. The van der Waals surface area contributed by atoms with E-state index < -0.39 is 6.04 Å². The fraction of sp³-hybridized carbons (Fsp3) is 0.600. The SMILES string of the molecule is COC(=O)[C@H](CC(C)C)NC(=O)C[NH+]1CCN(c2ccc(OC)cc2)CC1. The average Bonchev–Trinajstić information content (AvgIpc) is 2.67. The van der Waals surface area contributed by atoms with Gasteiger partial charge >= 0.3 is 5.97 Å². The molecular weight excluding hydrogens is 346 g/mol. The summed E-state index contributed by atoms with van der Waals surface area (Å²) in [4.78, 5) is 27.8. The second-order valence-corrected chi connectivity index (χ2v) is 7.38. The van der Waals surface area contributed by atoms with Gasteiger partial charge in [-0.05, 0) is 36.6 Å². The molecule has 0 unspecified atom stereocenters. The number of carbonyl (C=O) groups is 2. The summed E-state index contributed by atoms with van der Waals surface area (Å²) in [5.74, 6) is 0.673. The number of hydrogen-bond donors (Lipinski definition) is 2. The van der Waals surface area contributed by atoms with E-state index in [0.29, 0.717) is 18.9 Å². The molecule has 1 saturated heterocycles. The number of benzene rings is 1. The van der Waals surface area contributed by atoms with Gasteiger partial charge in [0.15, 0.2) is 6.54 Å². The van der Waals surface area contributed by atoms with Crippen LogP contribution in [0.1, 0.15) is 20.3 Å². The van der Waals surface area contributed by atoms with Gasteiger partial charge in [-0.1, -0.05) is 13.8 Å². The van der Waals surface area contributed by atoms with Crippen molar-refractivity contribution in [3.63, 3.8) is 0 Å². The van der Waals surface area contributed by atoms with Crippen molar-refractivity contribution in [2.45, 2.75) is 26.3 Å². The van der Waals surface area contributed by atoms with Gasteiger partial charge in [-0.15, -0.1) is 0 Å². The first-order valence-corrected chi connectivity index (χ1v) is 9.52. The molecule has 1 aromatic carbocycles. The van der Waals surface area contributed by atoms with Crippen molar-refractivity contribution in [1.29, 1.82) is 0 Å². The summed E-state index contributed by atoms with van der Waals surface area (Å²) < 4.78 is 10.0. The van der Waals surface area contributed by atoms with Gasteiger partial charge in [0.05, 0.1) is 40.4 Å². The third-order valence-electron chi connectivity index (χ3n) is 4.85. The molecule has 1 heterocycles. The third-order valence-corrected chi connectivity index (χ3v) is 4.85. The Labute approximate surface area is 161 Å². The quantitative estimate of drug-likeness (QED) is 0.628. The molecule has 0 spiro atoms. The van der Waals surface area contributed by atoms with E-state index in [1.54, 1.807) is 7.11 Å². The van der Waals surface area contributed by atoms with Gasteiger partial charge < -0.3 is 24.6 Å². The summed E-state index contributed by atoms with van der Waals surface area (Å²) in [6.07, 6.45) is 0.582. The second-order valence-electron chi connectivity index (χ2n) is 7.38. The number of piperazine rings is 1. The van der Waals surface area contributed by atoms with E-state index in [1.807, 2.05) is 26.0 Å². The van der Waals surface area contributed by atoms with E-state index in [-0.39, 0.29) is 11.9 Å². The van der Waals surface area contributed by atoms with Gasteiger partial charge in [0.1, 0.15) is 11.8 Å². The minimum atomic E-state index is -0.567. The summed E-state index contributed by atoms with van der Waals surface area (Å²) >= 11 is 0. The molecule has 1 amide bonds. The highest BCUT2D eigenvalue weighted by Crippen LogP contribution is 2.18. The lowest BCUT2D eigenvalue weighted by molar-refractivity contribution is -0.892. The van der Waals surface area contributed by atoms with Gasteiger partial charge in [-0.3, -0.25) is 4.79 Å². The van der Waals surface area contributed by atoms with Gasteiger partial charge in [-0.25, -0.2) is 4.79 Å². The smallest absolute Gasteiger partial charge is 0.328 e.